The lowest BCUT2D eigenvalue weighted by Gasteiger charge is -2.61. The van der Waals surface area contributed by atoms with Crippen LogP contribution in [0.5, 0.6) is 0 Å². The van der Waals surface area contributed by atoms with Crippen LogP contribution in [0.3, 0.4) is 0 Å². The molecule has 4 heteroatoms. The third-order valence-corrected chi connectivity index (χ3v) is 4.95. The van der Waals surface area contributed by atoms with Crippen molar-refractivity contribution in [1.29, 1.82) is 0 Å². The van der Waals surface area contributed by atoms with Gasteiger partial charge in [0.05, 0.1) is 12.4 Å². The zero-order valence-corrected chi connectivity index (χ0v) is 12.1. The van der Waals surface area contributed by atoms with E-state index in [1.807, 2.05) is 19.1 Å². The van der Waals surface area contributed by atoms with Crippen LogP contribution in [0.25, 0.3) is 0 Å². The van der Waals surface area contributed by atoms with Crippen LogP contribution >= 0.6 is 0 Å². The van der Waals surface area contributed by atoms with E-state index >= 15 is 0 Å². The number of amides is 1. The summed E-state index contributed by atoms with van der Waals surface area (Å²) in [6.45, 7) is 2.81. The third kappa shape index (κ3) is 2.37. The third-order valence-electron chi connectivity index (χ3n) is 4.95. The van der Waals surface area contributed by atoms with E-state index in [0.717, 1.165) is 18.8 Å². The van der Waals surface area contributed by atoms with Crippen LogP contribution in [0.1, 0.15) is 44.8 Å². The fourth-order valence-corrected chi connectivity index (χ4v) is 3.60. The van der Waals surface area contributed by atoms with Gasteiger partial charge in [-0.2, -0.15) is 0 Å². The summed E-state index contributed by atoms with van der Waals surface area (Å²) < 4.78 is 11.1. The van der Waals surface area contributed by atoms with E-state index in [0.29, 0.717) is 25.0 Å². The average molecular weight is 277 g/mol. The number of rotatable bonds is 6. The van der Waals surface area contributed by atoms with Crippen molar-refractivity contribution < 1.29 is 13.9 Å². The molecule has 0 saturated heterocycles. The van der Waals surface area contributed by atoms with Crippen LogP contribution in [0.4, 0.5) is 0 Å². The van der Waals surface area contributed by atoms with Gasteiger partial charge in [0, 0.05) is 30.9 Å². The molecule has 3 rings (SSSR count). The second kappa shape index (κ2) is 5.60. The van der Waals surface area contributed by atoms with Gasteiger partial charge in [-0.3, -0.25) is 4.79 Å². The average Bonchev–Trinajstić information content (AvgIpc) is 2.86. The fourth-order valence-electron chi connectivity index (χ4n) is 3.60. The predicted octanol–water partition coefficient (Wildman–Crippen LogP) is 2.68. The number of hydrogen-bond donors (Lipinski definition) is 1. The molecule has 2 saturated carbocycles. The minimum Gasteiger partial charge on any atom is -0.469 e. The first-order valence-corrected chi connectivity index (χ1v) is 7.68. The molecule has 2 aliphatic rings. The Hall–Kier alpha value is -1.29. The summed E-state index contributed by atoms with van der Waals surface area (Å²) >= 11 is 0. The molecule has 1 amide bonds. The number of carbonyl (C=O) groups is 1. The van der Waals surface area contributed by atoms with E-state index in [2.05, 4.69) is 5.32 Å². The van der Waals surface area contributed by atoms with Gasteiger partial charge in [-0.25, -0.2) is 0 Å². The first kappa shape index (κ1) is 13.7. The molecule has 1 aromatic heterocycles. The molecule has 20 heavy (non-hydrogen) atoms. The number of furan rings is 1. The molecule has 1 heterocycles. The van der Waals surface area contributed by atoms with E-state index in [-0.39, 0.29) is 11.3 Å². The number of aryl methyl sites for hydroxylation is 1. The molecule has 0 radical (unpaired) electrons. The van der Waals surface area contributed by atoms with Crippen molar-refractivity contribution in [2.24, 2.45) is 5.41 Å². The molecule has 0 unspecified atom stereocenters. The van der Waals surface area contributed by atoms with Gasteiger partial charge >= 0.3 is 0 Å². The van der Waals surface area contributed by atoms with Crippen LogP contribution in [0, 0.1) is 5.41 Å². The van der Waals surface area contributed by atoms with E-state index in [1.54, 1.807) is 6.26 Å². The predicted molar refractivity (Wildman–Crippen MR) is 75.3 cm³/mol. The smallest absolute Gasteiger partial charge is 0.220 e. The fraction of sp³-hybridized carbons (Fsp3) is 0.688. The van der Waals surface area contributed by atoms with Gasteiger partial charge in [0.1, 0.15) is 5.76 Å². The first-order chi connectivity index (χ1) is 9.74. The monoisotopic (exact) mass is 277 g/mol. The SMILES string of the molecule is CCO[C@@H]1C[C@@H](NC(=O)CCc2ccco2)C12CCC2. The largest absolute Gasteiger partial charge is 0.469 e. The van der Waals surface area contributed by atoms with Crippen LogP contribution in [-0.2, 0) is 16.0 Å². The molecule has 1 N–H and O–H groups in total. The second-order valence-electron chi connectivity index (χ2n) is 5.97. The van der Waals surface area contributed by atoms with Crippen LogP contribution in [0.2, 0.25) is 0 Å². The van der Waals surface area contributed by atoms with Crippen molar-refractivity contribution in [2.45, 2.75) is 57.6 Å². The molecule has 2 fully saturated rings. The van der Waals surface area contributed by atoms with Crippen molar-refractivity contribution in [3.05, 3.63) is 24.2 Å². The highest BCUT2D eigenvalue weighted by molar-refractivity contribution is 5.76. The summed E-state index contributed by atoms with van der Waals surface area (Å²) in [6, 6.07) is 4.08. The van der Waals surface area contributed by atoms with E-state index in [1.165, 1.54) is 19.3 Å². The van der Waals surface area contributed by atoms with Gasteiger partial charge in [-0.15, -0.1) is 0 Å². The van der Waals surface area contributed by atoms with Gasteiger partial charge in [-0.1, -0.05) is 6.42 Å². The number of nitrogens with one attached hydrogen (secondary N) is 1. The Balaban J connectivity index is 1.47. The molecule has 110 valence electrons. The maximum absolute atomic E-state index is 12.0. The molecular weight excluding hydrogens is 254 g/mol. The highest BCUT2D eigenvalue weighted by Crippen LogP contribution is 2.57. The summed E-state index contributed by atoms with van der Waals surface area (Å²) in [4.78, 5) is 12.0. The van der Waals surface area contributed by atoms with Crippen LogP contribution in [0.15, 0.2) is 22.8 Å². The van der Waals surface area contributed by atoms with Gasteiger partial charge in [0.2, 0.25) is 5.91 Å². The van der Waals surface area contributed by atoms with Crippen LogP contribution < -0.4 is 5.32 Å². The molecule has 1 aromatic rings. The van der Waals surface area contributed by atoms with Gasteiger partial charge in [-0.05, 0) is 38.3 Å². The van der Waals surface area contributed by atoms with Crippen molar-refractivity contribution in [3.8, 4) is 0 Å². The summed E-state index contributed by atoms with van der Waals surface area (Å²) in [5, 5.41) is 3.20. The maximum Gasteiger partial charge on any atom is 0.220 e. The Morgan fingerprint density at radius 1 is 1.55 bits per heavy atom. The Labute approximate surface area is 119 Å². The molecule has 0 bridgehead atoms. The zero-order valence-electron chi connectivity index (χ0n) is 12.1. The summed E-state index contributed by atoms with van der Waals surface area (Å²) in [5.41, 5.74) is 0.246. The van der Waals surface area contributed by atoms with Crippen LogP contribution in [-0.4, -0.2) is 24.7 Å². The minimum atomic E-state index is 0.132. The lowest BCUT2D eigenvalue weighted by atomic mass is 9.51. The molecule has 0 aliphatic heterocycles. The molecule has 2 atom stereocenters. The van der Waals surface area contributed by atoms with E-state index in [9.17, 15) is 4.79 Å². The highest BCUT2D eigenvalue weighted by Gasteiger charge is 2.59. The Morgan fingerprint density at radius 2 is 2.40 bits per heavy atom. The molecule has 1 spiro atoms. The minimum absolute atomic E-state index is 0.132. The molecular formula is C16H23NO3. The summed E-state index contributed by atoms with van der Waals surface area (Å²) in [6.07, 6.45) is 7.81. The quantitative estimate of drug-likeness (QED) is 0.869. The van der Waals surface area contributed by atoms with Gasteiger partial charge in [0.15, 0.2) is 0 Å². The van der Waals surface area contributed by atoms with E-state index < -0.39 is 0 Å². The number of ether oxygens (including phenoxy) is 1. The molecule has 2 aliphatic carbocycles. The first-order valence-electron chi connectivity index (χ1n) is 7.68. The Morgan fingerprint density at radius 3 is 3.00 bits per heavy atom. The zero-order chi connectivity index (χ0) is 14.0. The van der Waals surface area contributed by atoms with Crippen molar-refractivity contribution in [2.75, 3.05) is 6.61 Å². The number of carbonyl (C=O) groups excluding carboxylic acids is 1. The standard InChI is InChI=1S/C16H23NO3/c1-2-19-14-11-13(16(14)8-4-9-16)17-15(18)7-6-12-5-3-10-20-12/h3,5,10,13-14H,2,4,6-9,11H2,1H3,(H,17,18)/t13-,14-/m1/s1. The second-order valence-corrected chi connectivity index (χ2v) is 5.97. The maximum atomic E-state index is 12.0. The Kier molecular flexibility index (Phi) is 3.83. The summed E-state index contributed by atoms with van der Waals surface area (Å²) in [7, 11) is 0. The van der Waals surface area contributed by atoms with Crippen molar-refractivity contribution in [3.63, 3.8) is 0 Å². The van der Waals surface area contributed by atoms with Gasteiger partial charge in [0.25, 0.3) is 0 Å². The highest BCUT2D eigenvalue weighted by atomic mass is 16.5. The van der Waals surface area contributed by atoms with Gasteiger partial charge < -0.3 is 14.5 Å². The lowest BCUT2D eigenvalue weighted by Crippen LogP contribution is -2.67. The Bertz CT molecular complexity index is 450. The summed E-state index contributed by atoms with van der Waals surface area (Å²) in [5.74, 6) is 1.01. The van der Waals surface area contributed by atoms with Crippen molar-refractivity contribution in [1.82, 2.24) is 5.32 Å². The number of hydrogen-bond acceptors (Lipinski definition) is 3. The normalized spacial score (nSPS) is 26.9. The molecule has 4 nitrogen and oxygen atoms in total. The van der Waals surface area contributed by atoms with E-state index in [4.69, 9.17) is 9.15 Å². The lowest BCUT2D eigenvalue weighted by molar-refractivity contribution is -0.175. The van der Waals surface area contributed by atoms with Crippen molar-refractivity contribution >= 4 is 5.91 Å². The topological polar surface area (TPSA) is 51.5 Å². The molecule has 0 aromatic carbocycles.